The highest BCUT2D eigenvalue weighted by molar-refractivity contribution is 5.92. The van der Waals surface area contributed by atoms with Crippen molar-refractivity contribution in [2.75, 3.05) is 6.61 Å². The minimum absolute atomic E-state index is 0.0205. The number of carbonyl (C=O) groups excluding carboxylic acids is 3. The van der Waals surface area contributed by atoms with E-state index in [2.05, 4.69) is 6.58 Å². The Kier molecular flexibility index (Phi) is 6.28. The highest BCUT2D eigenvalue weighted by atomic mass is 16.6. The minimum atomic E-state index is -0.657. The summed E-state index contributed by atoms with van der Waals surface area (Å²) in [7, 11) is 0. The number of carbonyl (C=O) groups is 3. The van der Waals surface area contributed by atoms with Crippen LogP contribution < -0.4 is 0 Å². The molecule has 0 N–H and O–H groups in total. The summed E-state index contributed by atoms with van der Waals surface area (Å²) in [4.78, 5) is 34.5. The minimum Gasteiger partial charge on any atom is -0.462 e. The van der Waals surface area contributed by atoms with E-state index in [9.17, 15) is 14.4 Å². The molecule has 5 nitrogen and oxygen atoms in total. The monoisotopic (exact) mass is 306 g/mol. The number of hydrogen-bond acceptors (Lipinski definition) is 5. The van der Waals surface area contributed by atoms with E-state index in [4.69, 9.17) is 9.47 Å². The Hall–Kier alpha value is -2.17. The average Bonchev–Trinajstić information content (AvgIpc) is 2.67. The summed E-state index contributed by atoms with van der Waals surface area (Å²) in [6.45, 7) is 10.6. The lowest BCUT2D eigenvalue weighted by Gasteiger charge is -2.19. The Bertz CT molecular complexity index is 549. The number of cyclic esters (lactones) is 1. The van der Waals surface area contributed by atoms with Gasteiger partial charge >= 0.3 is 11.9 Å². The van der Waals surface area contributed by atoms with Crippen LogP contribution in [0.15, 0.2) is 35.5 Å². The Labute approximate surface area is 130 Å². The highest BCUT2D eigenvalue weighted by Gasteiger charge is 2.36. The van der Waals surface area contributed by atoms with Crippen LogP contribution in [0, 0.1) is 5.92 Å². The second-order valence-electron chi connectivity index (χ2n) is 5.68. The van der Waals surface area contributed by atoms with Gasteiger partial charge in [0.25, 0.3) is 0 Å². The van der Waals surface area contributed by atoms with Gasteiger partial charge < -0.3 is 9.47 Å². The molecule has 22 heavy (non-hydrogen) atoms. The molecule has 120 valence electrons. The Morgan fingerprint density at radius 3 is 2.45 bits per heavy atom. The first kappa shape index (κ1) is 17.9. The zero-order chi connectivity index (χ0) is 16.9. The molecule has 0 amide bonds. The Balaban J connectivity index is 2.88. The van der Waals surface area contributed by atoms with Gasteiger partial charge in [-0.15, -0.1) is 0 Å². The predicted molar refractivity (Wildman–Crippen MR) is 82.0 cm³/mol. The Morgan fingerprint density at radius 1 is 1.36 bits per heavy atom. The van der Waals surface area contributed by atoms with E-state index in [-0.39, 0.29) is 24.4 Å². The van der Waals surface area contributed by atoms with Gasteiger partial charge in [-0.25, -0.2) is 4.79 Å². The van der Waals surface area contributed by atoms with Crippen molar-refractivity contribution >= 4 is 17.7 Å². The summed E-state index contributed by atoms with van der Waals surface area (Å²) in [5.41, 5.74) is 1.98. The molecule has 1 aliphatic rings. The van der Waals surface area contributed by atoms with Crippen LogP contribution in [0.2, 0.25) is 0 Å². The van der Waals surface area contributed by atoms with Crippen molar-refractivity contribution < 1.29 is 23.9 Å². The molecule has 5 heteroatoms. The van der Waals surface area contributed by atoms with Crippen LogP contribution in [0.25, 0.3) is 0 Å². The van der Waals surface area contributed by atoms with E-state index >= 15 is 0 Å². The van der Waals surface area contributed by atoms with Gasteiger partial charge in [0.1, 0.15) is 12.7 Å². The maximum absolute atomic E-state index is 11.8. The van der Waals surface area contributed by atoms with Gasteiger partial charge in [-0.1, -0.05) is 17.7 Å². The van der Waals surface area contributed by atoms with E-state index in [1.165, 1.54) is 6.92 Å². The molecule has 1 rings (SSSR count). The Morgan fingerprint density at radius 2 is 2.00 bits per heavy atom. The van der Waals surface area contributed by atoms with Crippen LogP contribution in [0.1, 0.15) is 34.1 Å². The van der Waals surface area contributed by atoms with Crippen LogP contribution in [0.4, 0.5) is 0 Å². The van der Waals surface area contributed by atoms with Crippen molar-refractivity contribution in [1.29, 1.82) is 0 Å². The van der Waals surface area contributed by atoms with Crippen molar-refractivity contribution in [3.63, 3.8) is 0 Å². The lowest BCUT2D eigenvalue weighted by molar-refractivity contribution is -0.145. The molecular formula is C17H22O5. The first-order chi connectivity index (χ1) is 10.2. The van der Waals surface area contributed by atoms with Crippen LogP contribution in [0.5, 0.6) is 0 Å². The van der Waals surface area contributed by atoms with Gasteiger partial charge in [0.05, 0.1) is 5.92 Å². The topological polar surface area (TPSA) is 69.7 Å². The second kappa shape index (κ2) is 7.73. The van der Waals surface area contributed by atoms with Gasteiger partial charge in [-0.2, -0.15) is 0 Å². The first-order valence-corrected chi connectivity index (χ1v) is 7.09. The maximum Gasteiger partial charge on any atom is 0.333 e. The van der Waals surface area contributed by atoms with E-state index in [1.807, 2.05) is 13.8 Å². The lowest BCUT2D eigenvalue weighted by Crippen LogP contribution is -2.26. The summed E-state index contributed by atoms with van der Waals surface area (Å²) < 4.78 is 10.2. The normalized spacial score (nSPS) is 19.5. The summed E-state index contributed by atoms with van der Waals surface area (Å²) in [5.74, 6) is -1.37. The number of allylic oxidation sites excluding steroid dienone is 3. The van der Waals surface area contributed by atoms with Crippen molar-refractivity contribution in [2.45, 2.75) is 40.2 Å². The van der Waals surface area contributed by atoms with Crippen molar-refractivity contribution in [3.8, 4) is 0 Å². The van der Waals surface area contributed by atoms with E-state index in [0.29, 0.717) is 0 Å². The summed E-state index contributed by atoms with van der Waals surface area (Å²) in [6, 6.07) is 0. The van der Waals surface area contributed by atoms with E-state index < -0.39 is 24.0 Å². The molecule has 0 aromatic carbocycles. The number of rotatable bonds is 6. The van der Waals surface area contributed by atoms with Crippen LogP contribution in [-0.4, -0.2) is 30.4 Å². The third kappa shape index (κ3) is 5.31. The fraction of sp³-hybridized carbons (Fsp3) is 0.471. The highest BCUT2D eigenvalue weighted by Crippen LogP contribution is 2.27. The maximum atomic E-state index is 11.8. The van der Waals surface area contributed by atoms with Gasteiger partial charge in [0, 0.05) is 18.9 Å². The molecule has 0 aromatic heterocycles. The fourth-order valence-corrected chi connectivity index (χ4v) is 2.21. The molecule has 1 saturated heterocycles. The molecule has 0 radical (unpaired) electrons. The zero-order valence-electron chi connectivity index (χ0n) is 13.5. The first-order valence-electron chi connectivity index (χ1n) is 7.09. The molecule has 1 aliphatic heterocycles. The summed E-state index contributed by atoms with van der Waals surface area (Å²) in [5, 5.41) is 0. The van der Waals surface area contributed by atoms with Crippen LogP contribution in [0.3, 0.4) is 0 Å². The smallest absolute Gasteiger partial charge is 0.333 e. The number of esters is 2. The quantitative estimate of drug-likeness (QED) is 0.428. The second-order valence-corrected chi connectivity index (χ2v) is 5.68. The van der Waals surface area contributed by atoms with Crippen molar-refractivity contribution in [3.05, 3.63) is 35.5 Å². The molecule has 0 aromatic rings. The molecular weight excluding hydrogens is 284 g/mol. The van der Waals surface area contributed by atoms with Gasteiger partial charge in [-0.3, -0.25) is 9.59 Å². The number of hydrogen-bond donors (Lipinski definition) is 0. The van der Waals surface area contributed by atoms with E-state index in [1.54, 1.807) is 19.1 Å². The molecule has 1 fully saturated rings. The summed E-state index contributed by atoms with van der Waals surface area (Å²) in [6.07, 6.45) is 2.84. The predicted octanol–water partition coefficient (Wildman–Crippen LogP) is 2.52. The van der Waals surface area contributed by atoms with E-state index in [0.717, 1.165) is 11.1 Å². The summed E-state index contributed by atoms with van der Waals surface area (Å²) >= 11 is 0. The van der Waals surface area contributed by atoms with Gasteiger partial charge in [0.2, 0.25) is 0 Å². The molecule has 0 saturated carbocycles. The largest absolute Gasteiger partial charge is 0.462 e. The molecule has 1 heterocycles. The van der Waals surface area contributed by atoms with Crippen LogP contribution in [-0.2, 0) is 23.9 Å². The molecule has 0 bridgehead atoms. The molecule has 2 atom stereocenters. The standard InChI is InChI=1S/C17H22O5/c1-10(2)6-14(19)7-11(3)8-16(22-13(5)18)15-9-21-17(20)12(15)4/h6,8,15-16H,4,7,9H2,1-3,5H3/b11-8+/t15?,16-/m1/s1. The van der Waals surface area contributed by atoms with Crippen molar-refractivity contribution in [2.24, 2.45) is 5.92 Å². The third-order valence-electron chi connectivity index (χ3n) is 3.15. The van der Waals surface area contributed by atoms with Crippen LogP contribution >= 0.6 is 0 Å². The molecule has 1 unspecified atom stereocenters. The fourth-order valence-electron chi connectivity index (χ4n) is 2.21. The van der Waals surface area contributed by atoms with Crippen molar-refractivity contribution in [1.82, 2.24) is 0 Å². The SMILES string of the molecule is C=C1C(=O)OCC1[C@@H](/C=C(\C)CC(=O)C=C(C)C)OC(C)=O. The zero-order valence-corrected chi connectivity index (χ0v) is 13.5. The number of ether oxygens (including phenoxy) is 2. The molecule has 0 aliphatic carbocycles. The number of ketones is 1. The average molecular weight is 306 g/mol. The molecule has 0 spiro atoms. The van der Waals surface area contributed by atoms with Gasteiger partial charge in [0.15, 0.2) is 5.78 Å². The van der Waals surface area contributed by atoms with Gasteiger partial charge in [-0.05, 0) is 32.9 Å². The lowest BCUT2D eigenvalue weighted by atomic mass is 9.94. The third-order valence-corrected chi connectivity index (χ3v) is 3.15.